The predicted molar refractivity (Wildman–Crippen MR) is 131 cm³/mol. The molecule has 2 aromatic heterocycles. The Balaban J connectivity index is 1.68. The van der Waals surface area contributed by atoms with Crippen LogP contribution in [0.15, 0.2) is 77.0 Å². The maximum Gasteiger partial charge on any atom is 0.355 e. The second-order valence-electron chi connectivity index (χ2n) is 7.78. The molecule has 0 fully saturated rings. The van der Waals surface area contributed by atoms with Gasteiger partial charge in [-0.3, -0.25) is 0 Å². The molecule has 0 aliphatic rings. The van der Waals surface area contributed by atoms with Crippen molar-refractivity contribution in [2.75, 3.05) is 0 Å². The first-order chi connectivity index (χ1) is 16.7. The summed E-state index contributed by atoms with van der Waals surface area (Å²) in [5, 5.41) is 33.8. The minimum absolute atomic E-state index is 0.0144. The van der Waals surface area contributed by atoms with Crippen molar-refractivity contribution in [3.8, 4) is 22.3 Å². The molecule has 0 atom stereocenters. The summed E-state index contributed by atoms with van der Waals surface area (Å²) in [4.78, 5) is 15.4. The molecule has 35 heavy (non-hydrogen) atoms. The molecule has 9 nitrogen and oxygen atoms in total. The van der Waals surface area contributed by atoms with E-state index in [2.05, 4.69) is 10.1 Å². The summed E-state index contributed by atoms with van der Waals surface area (Å²) in [6.45, 7) is 0. The molecule has 5 rings (SSSR count). The van der Waals surface area contributed by atoms with Crippen molar-refractivity contribution >= 4 is 38.1 Å². The number of nitrogens with zero attached hydrogens (tertiary/aromatic N) is 3. The number of aromatic carboxylic acids is 1. The van der Waals surface area contributed by atoms with Crippen molar-refractivity contribution in [1.82, 2.24) is 14.8 Å². The zero-order valence-corrected chi connectivity index (χ0v) is 19.6. The Morgan fingerprint density at radius 1 is 1.03 bits per heavy atom. The number of carboxylic acids is 1. The lowest BCUT2D eigenvalue weighted by Gasteiger charge is -2.08. The van der Waals surface area contributed by atoms with E-state index in [-0.39, 0.29) is 28.0 Å². The predicted octanol–water partition coefficient (Wildman–Crippen LogP) is 3.79. The molecule has 0 radical (unpaired) electrons. The van der Waals surface area contributed by atoms with E-state index in [0.29, 0.717) is 11.3 Å². The number of nitrogens with two attached hydrogens (primary N) is 1. The van der Waals surface area contributed by atoms with Gasteiger partial charge in [-0.05, 0) is 28.5 Å². The minimum Gasteiger partial charge on any atom is -0.493 e. The Morgan fingerprint density at radius 2 is 1.74 bits per heavy atom. The highest BCUT2D eigenvalue weighted by Gasteiger charge is 2.23. The molecule has 2 heterocycles. The average molecular weight is 507 g/mol. The standard InChI is InChI=1S/C24H18N4O5S2/c25-35(32,33)16-10-8-14(9-11-16)12-19-21(18-7-3-5-15-4-1-2-6-17(15)18)27-28(22(19)29)24-26-20(13-34-24)23(30)31/h1-11,13,29H,12H2,(H,30,31)(H2,25,32,33). The highest BCUT2D eigenvalue weighted by atomic mass is 32.2. The number of rotatable bonds is 6. The Kier molecular flexibility index (Phi) is 5.59. The third-order valence-electron chi connectivity index (χ3n) is 5.53. The molecular weight excluding hydrogens is 488 g/mol. The Morgan fingerprint density at radius 3 is 2.43 bits per heavy atom. The largest absolute Gasteiger partial charge is 0.493 e. The molecule has 176 valence electrons. The number of benzene rings is 3. The summed E-state index contributed by atoms with van der Waals surface area (Å²) in [6.07, 6.45) is 0.229. The van der Waals surface area contributed by atoms with Gasteiger partial charge in [-0.2, -0.15) is 9.78 Å². The van der Waals surface area contributed by atoms with Crippen molar-refractivity contribution in [2.24, 2.45) is 5.14 Å². The van der Waals surface area contributed by atoms with Crippen LogP contribution < -0.4 is 5.14 Å². The van der Waals surface area contributed by atoms with Gasteiger partial charge in [0.1, 0.15) is 5.69 Å². The Labute approximate surface area is 203 Å². The smallest absolute Gasteiger partial charge is 0.355 e. The van der Waals surface area contributed by atoms with Crippen molar-refractivity contribution < 1.29 is 23.4 Å². The maximum absolute atomic E-state index is 11.6. The molecule has 0 unspecified atom stereocenters. The maximum atomic E-state index is 11.6. The van der Waals surface area contributed by atoms with Gasteiger partial charge in [-0.1, -0.05) is 54.6 Å². The summed E-state index contributed by atoms with van der Waals surface area (Å²) < 4.78 is 24.4. The van der Waals surface area contributed by atoms with Crippen LogP contribution in [0.1, 0.15) is 21.6 Å². The van der Waals surface area contributed by atoms with Gasteiger partial charge < -0.3 is 10.2 Å². The topological polar surface area (TPSA) is 148 Å². The van der Waals surface area contributed by atoms with E-state index < -0.39 is 16.0 Å². The normalized spacial score (nSPS) is 11.7. The average Bonchev–Trinajstić information content (AvgIpc) is 3.44. The fourth-order valence-electron chi connectivity index (χ4n) is 3.85. The zero-order chi connectivity index (χ0) is 24.7. The molecule has 5 aromatic rings. The number of hydrogen-bond donors (Lipinski definition) is 3. The highest BCUT2D eigenvalue weighted by molar-refractivity contribution is 7.89. The van der Waals surface area contributed by atoms with Gasteiger partial charge in [0.05, 0.1) is 4.90 Å². The molecule has 0 saturated heterocycles. The van der Waals surface area contributed by atoms with Crippen LogP contribution in [0.5, 0.6) is 5.88 Å². The first kappa shape index (κ1) is 22.7. The molecule has 0 amide bonds. The SMILES string of the molecule is NS(=O)(=O)c1ccc(Cc2c(-c3cccc4ccccc34)nn(-c3nc(C(=O)O)cs3)c2O)cc1. The van der Waals surface area contributed by atoms with E-state index in [1.807, 2.05) is 42.5 Å². The van der Waals surface area contributed by atoms with Gasteiger partial charge in [0, 0.05) is 22.9 Å². The van der Waals surface area contributed by atoms with Crippen LogP contribution in [-0.4, -0.2) is 39.4 Å². The first-order valence-electron chi connectivity index (χ1n) is 10.3. The van der Waals surface area contributed by atoms with Gasteiger partial charge in [0.25, 0.3) is 0 Å². The fraction of sp³-hybridized carbons (Fsp3) is 0.0417. The van der Waals surface area contributed by atoms with Crippen molar-refractivity contribution in [1.29, 1.82) is 0 Å². The summed E-state index contributed by atoms with van der Waals surface area (Å²) in [5.74, 6) is -1.36. The van der Waals surface area contributed by atoms with Crippen molar-refractivity contribution in [3.05, 3.63) is 88.9 Å². The van der Waals surface area contributed by atoms with Gasteiger partial charge in [0.2, 0.25) is 21.0 Å². The molecule has 3 aromatic carbocycles. The van der Waals surface area contributed by atoms with E-state index in [0.717, 1.165) is 33.2 Å². The number of fused-ring (bicyclic) bond motifs is 1. The van der Waals surface area contributed by atoms with Crippen LogP contribution in [0.4, 0.5) is 0 Å². The van der Waals surface area contributed by atoms with E-state index in [9.17, 15) is 23.4 Å². The summed E-state index contributed by atoms with van der Waals surface area (Å²) >= 11 is 1.04. The number of hydrogen-bond acceptors (Lipinski definition) is 7. The number of thiazole rings is 1. The number of carbonyl (C=O) groups is 1. The third kappa shape index (κ3) is 4.28. The molecular formula is C24H18N4O5S2. The van der Waals surface area contributed by atoms with Crippen LogP contribution in [0.3, 0.4) is 0 Å². The molecule has 11 heteroatoms. The van der Waals surface area contributed by atoms with E-state index in [1.165, 1.54) is 22.2 Å². The quantitative estimate of drug-likeness (QED) is 0.317. The molecule has 0 aliphatic carbocycles. The number of sulfonamides is 1. The molecule has 0 aliphatic heterocycles. The summed E-state index contributed by atoms with van der Waals surface area (Å²) in [5.41, 5.74) is 2.34. The second-order valence-corrected chi connectivity index (χ2v) is 10.2. The van der Waals surface area contributed by atoms with Gasteiger partial charge >= 0.3 is 5.97 Å². The second kappa shape index (κ2) is 8.62. The van der Waals surface area contributed by atoms with Crippen molar-refractivity contribution in [3.63, 3.8) is 0 Å². The zero-order valence-electron chi connectivity index (χ0n) is 18.0. The van der Waals surface area contributed by atoms with Crippen molar-refractivity contribution in [2.45, 2.75) is 11.3 Å². The fourth-order valence-corrected chi connectivity index (χ4v) is 5.11. The third-order valence-corrected chi connectivity index (χ3v) is 7.27. The van der Waals surface area contributed by atoms with E-state index >= 15 is 0 Å². The number of aromatic hydroxyl groups is 1. The van der Waals surface area contributed by atoms with E-state index in [4.69, 9.17) is 5.14 Å². The number of carboxylic acid groups (broad SMARTS) is 1. The molecule has 0 bridgehead atoms. The van der Waals surface area contributed by atoms with E-state index in [1.54, 1.807) is 12.1 Å². The first-order valence-corrected chi connectivity index (χ1v) is 12.7. The molecule has 0 spiro atoms. The number of aromatic nitrogens is 3. The van der Waals surface area contributed by atoms with Gasteiger partial charge in [-0.15, -0.1) is 11.3 Å². The highest BCUT2D eigenvalue weighted by Crippen LogP contribution is 2.37. The van der Waals surface area contributed by atoms with Crippen LogP contribution in [0.25, 0.3) is 27.2 Å². The van der Waals surface area contributed by atoms with Gasteiger partial charge in [0.15, 0.2) is 5.69 Å². The Hall–Kier alpha value is -4.06. The molecule has 0 saturated carbocycles. The lowest BCUT2D eigenvalue weighted by Crippen LogP contribution is -2.11. The summed E-state index contributed by atoms with van der Waals surface area (Å²) in [7, 11) is -3.83. The summed E-state index contributed by atoms with van der Waals surface area (Å²) in [6, 6.07) is 19.6. The minimum atomic E-state index is -3.83. The van der Waals surface area contributed by atoms with Crippen LogP contribution >= 0.6 is 11.3 Å². The van der Waals surface area contributed by atoms with Crippen LogP contribution in [-0.2, 0) is 16.4 Å². The molecule has 4 N–H and O–H groups in total. The monoisotopic (exact) mass is 506 g/mol. The van der Waals surface area contributed by atoms with Gasteiger partial charge in [-0.25, -0.2) is 23.3 Å². The lowest BCUT2D eigenvalue weighted by atomic mass is 9.97. The van der Waals surface area contributed by atoms with Crippen LogP contribution in [0, 0.1) is 0 Å². The van der Waals surface area contributed by atoms with Crippen LogP contribution in [0.2, 0.25) is 0 Å². The Bertz CT molecular complexity index is 1680. The number of primary sulfonamides is 1. The lowest BCUT2D eigenvalue weighted by molar-refractivity contribution is 0.0691.